The van der Waals surface area contributed by atoms with Crippen LogP contribution in [0.25, 0.3) is 0 Å². The molecule has 1 aliphatic heterocycles. The summed E-state index contributed by atoms with van der Waals surface area (Å²) in [5, 5.41) is 8.43. The summed E-state index contributed by atoms with van der Waals surface area (Å²) in [5.74, 6) is 0.416. The van der Waals surface area contributed by atoms with Gasteiger partial charge in [-0.1, -0.05) is 48.2 Å². The average molecular weight is 402 g/mol. The molecule has 1 atom stereocenters. The van der Waals surface area contributed by atoms with Gasteiger partial charge in [0.15, 0.2) is 5.17 Å². The van der Waals surface area contributed by atoms with Crippen molar-refractivity contribution in [3.63, 3.8) is 0 Å². The van der Waals surface area contributed by atoms with E-state index in [-0.39, 0.29) is 11.9 Å². The zero-order chi connectivity index (χ0) is 19.6. The molecule has 0 spiro atoms. The van der Waals surface area contributed by atoms with Gasteiger partial charge in [0.2, 0.25) is 0 Å². The summed E-state index contributed by atoms with van der Waals surface area (Å²) in [6, 6.07) is 14.5. The third-order valence-corrected chi connectivity index (χ3v) is 5.13. The minimum atomic E-state index is -0.311. The molecule has 1 saturated heterocycles. The van der Waals surface area contributed by atoms with Crippen molar-refractivity contribution in [2.45, 2.75) is 31.3 Å². The van der Waals surface area contributed by atoms with Crippen molar-refractivity contribution in [2.24, 2.45) is 15.9 Å². The summed E-state index contributed by atoms with van der Waals surface area (Å²) in [6.45, 7) is 1.59. The number of rotatable bonds is 8. The lowest BCUT2D eigenvalue weighted by molar-refractivity contribution is 0.0105. The summed E-state index contributed by atoms with van der Waals surface area (Å²) < 4.78 is 24.8. The number of hydrogen-bond donors (Lipinski definition) is 1. The zero-order valence-corrected chi connectivity index (χ0v) is 16.4. The fraction of sp³-hybridized carbons (Fsp3) is 0.333. The van der Waals surface area contributed by atoms with Gasteiger partial charge in [-0.15, -0.1) is 5.10 Å². The van der Waals surface area contributed by atoms with Crippen LogP contribution in [0.5, 0.6) is 0 Å². The number of nitrogens with zero attached hydrogens (tertiary/aromatic N) is 2. The van der Waals surface area contributed by atoms with Crippen LogP contribution in [0.2, 0.25) is 0 Å². The van der Waals surface area contributed by atoms with E-state index in [4.69, 9.17) is 15.2 Å². The number of halogens is 1. The predicted octanol–water partition coefficient (Wildman–Crippen LogP) is 4.10. The van der Waals surface area contributed by atoms with Gasteiger partial charge < -0.3 is 15.2 Å². The highest BCUT2D eigenvalue weighted by atomic mass is 32.2. The van der Waals surface area contributed by atoms with Crippen molar-refractivity contribution in [2.75, 3.05) is 13.2 Å². The number of hydrogen-bond acceptors (Lipinski definition) is 5. The number of nitrogens with two attached hydrogens (primary N) is 1. The first-order valence-corrected chi connectivity index (χ1v) is 10.2. The van der Waals surface area contributed by atoms with Crippen LogP contribution >= 0.6 is 11.8 Å². The fourth-order valence-electron chi connectivity index (χ4n) is 2.81. The van der Waals surface area contributed by atoms with E-state index in [1.54, 1.807) is 12.3 Å². The molecule has 0 bridgehead atoms. The monoisotopic (exact) mass is 401 g/mol. The molecular weight excluding hydrogens is 377 g/mol. The Bertz CT molecular complexity index is 809. The molecule has 1 heterocycles. The second kappa shape index (κ2) is 10.9. The smallest absolute Gasteiger partial charge is 0.180 e. The normalized spacial score (nSPS) is 17.5. The molecule has 28 heavy (non-hydrogen) atoms. The maximum Gasteiger partial charge on any atom is 0.180 e. The summed E-state index contributed by atoms with van der Waals surface area (Å²) in [4.78, 5) is 0. The maximum atomic E-state index is 13.6. The van der Waals surface area contributed by atoms with Crippen molar-refractivity contribution < 1.29 is 13.9 Å². The lowest BCUT2D eigenvalue weighted by atomic mass is 10.1. The predicted molar refractivity (Wildman–Crippen MR) is 112 cm³/mol. The van der Waals surface area contributed by atoms with E-state index in [1.807, 2.05) is 30.3 Å². The van der Waals surface area contributed by atoms with Gasteiger partial charge in [0.1, 0.15) is 5.82 Å². The van der Waals surface area contributed by atoms with Crippen molar-refractivity contribution in [3.05, 3.63) is 71.0 Å². The van der Waals surface area contributed by atoms with E-state index >= 15 is 0 Å². The Kier molecular flexibility index (Phi) is 8.02. The molecule has 0 aliphatic carbocycles. The number of amidine groups is 1. The highest BCUT2D eigenvalue weighted by Gasteiger charge is 2.15. The quantitative estimate of drug-likeness (QED) is 0.411. The van der Waals surface area contributed by atoms with Crippen molar-refractivity contribution in [3.8, 4) is 0 Å². The molecule has 0 aromatic heterocycles. The van der Waals surface area contributed by atoms with Crippen LogP contribution < -0.4 is 5.73 Å². The molecule has 5 nitrogen and oxygen atoms in total. The van der Waals surface area contributed by atoms with Crippen LogP contribution in [0.15, 0.2) is 58.7 Å². The Morgan fingerprint density at radius 1 is 1.29 bits per heavy atom. The van der Waals surface area contributed by atoms with Crippen LogP contribution in [0.1, 0.15) is 29.5 Å². The zero-order valence-electron chi connectivity index (χ0n) is 15.6. The highest BCUT2D eigenvalue weighted by molar-refractivity contribution is 8.13. The van der Waals surface area contributed by atoms with E-state index in [9.17, 15) is 4.39 Å². The van der Waals surface area contributed by atoms with E-state index < -0.39 is 0 Å². The van der Waals surface area contributed by atoms with Gasteiger partial charge in [0.25, 0.3) is 0 Å². The first kappa shape index (κ1) is 20.5. The molecule has 1 fully saturated rings. The second-order valence-corrected chi connectivity index (χ2v) is 7.45. The Morgan fingerprint density at radius 2 is 2.14 bits per heavy atom. The average Bonchev–Trinajstić information content (AvgIpc) is 3.22. The minimum absolute atomic E-state index is 0.136. The van der Waals surface area contributed by atoms with Gasteiger partial charge in [0, 0.05) is 17.9 Å². The molecular formula is C21H24FN3O2S. The van der Waals surface area contributed by atoms with Gasteiger partial charge in [-0.2, -0.15) is 5.10 Å². The first-order valence-electron chi connectivity index (χ1n) is 9.21. The molecule has 0 amide bonds. The Morgan fingerprint density at radius 3 is 2.93 bits per heavy atom. The van der Waals surface area contributed by atoms with Crippen LogP contribution in [-0.2, 0) is 21.8 Å². The van der Waals surface area contributed by atoms with Crippen molar-refractivity contribution in [1.82, 2.24) is 0 Å². The number of ether oxygens (including phenoxy) is 2. The molecule has 1 unspecified atom stereocenters. The molecule has 2 aromatic rings. The number of thioether (sulfide) groups is 1. The largest absolute Gasteiger partial charge is 0.377 e. The SMILES string of the molecule is NC(=NN=Cc1ccc(F)cc1COCC1CCCO1)SCc1ccccc1. The van der Waals surface area contributed by atoms with Crippen LogP contribution in [0.3, 0.4) is 0 Å². The summed E-state index contributed by atoms with van der Waals surface area (Å²) >= 11 is 1.41. The van der Waals surface area contributed by atoms with Gasteiger partial charge in [-0.05, 0) is 36.1 Å². The lowest BCUT2D eigenvalue weighted by Crippen LogP contribution is -2.14. The standard InChI is InChI=1S/C21H24FN3O2S/c22-19-9-8-17(18(11-19)13-26-14-20-7-4-10-27-20)12-24-25-21(23)28-15-16-5-2-1-3-6-16/h1-3,5-6,8-9,11-12,20H,4,7,10,13-15H2,(H2,23,25). The van der Waals surface area contributed by atoms with Gasteiger partial charge in [-0.3, -0.25) is 0 Å². The molecule has 148 valence electrons. The molecule has 0 radical (unpaired) electrons. The molecule has 2 aromatic carbocycles. The van der Waals surface area contributed by atoms with Gasteiger partial charge in [-0.25, -0.2) is 4.39 Å². The topological polar surface area (TPSA) is 69.2 Å². The Labute approximate surface area is 168 Å². The summed E-state index contributed by atoms with van der Waals surface area (Å²) in [7, 11) is 0. The maximum absolute atomic E-state index is 13.6. The Balaban J connectivity index is 1.54. The van der Waals surface area contributed by atoms with E-state index in [0.29, 0.717) is 23.9 Å². The third kappa shape index (κ3) is 6.74. The van der Waals surface area contributed by atoms with Crippen molar-refractivity contribution >= 4 is 23.1 Å². The fourth-order valence-corrected chi connectivity index (χ4v) is 3.42. The van der Waals surface area contributed by atoms with Gasteiger partial charge in [0.05, 0.1) is 25.5 Å². The van der Waals surface area contributed by atoms with Crippen LogP contribution in [-0.4, -0.2) is 30.7 Å². The van der Waals surface area contributed by atoms with E-state index in [1.165, 1.54) is 29.5 Å². The number of benzene rings is 2. The second-order valence-electron chi connectivity index (χ2n) is 6.45. The Hall–Kier alpha value is -2.22. The molecule has 0 saturated carbocycles. The molecule has 1 aliphatic rings. The lowest BCUT2D eigenvalue weighted by Gasteiger charge is -2.11. The highest BCUT2D eigenvalue weighted by Crippen LogP contribution is 2.15. The van der Waals surface area contributed by atoms with E-state index in [0.717, 1.165) is 30.8 Å². The third-order valence-electron chi connectivity index (χ3n) is 4.27. The molecule has 7 heteroatoms. The molecule has 3 rings (SSSR count). The van der Waals surface area contributed by atoms with Crippen LogP contribution in [0.4, 0.5) is 4.39 Å². The van der Waals surface area contributed by atoms with E-state index in [2.05, 4.69) is 10.2 Å². The summed E-state index contributed by atoms with van der Waals surface area (Å²) in [5.41, 5.74) is 8.53. The molecule has 2 N–H and O–H groups in total. The summed E-state index contributed by atoms with van der Waals surface area (Å²) in [6.07, 6.45) is 3.77. The minimum Gasteiger partial charge on any atom is -0.377 e. The first-order chi connectivity index (χ1) is 13.7. The van der Waals surface area contributed by atoms with Crippen molar-refractivity contribution in [1.29, 1.82) is 0 Å². The van der Waals surface area contributed by atoms with Crippen LogP contribution in [0, 0.1) is 5.82 Å². The van der Waals surface area contributed by atoms with Gasteiger partial charge >= 0.3 is 0 Å².